The van der Waals surface area contributed by atoms with Crippen molar-refractivity contribution in [1.29, 1.82) is 0 Å². The quantitative estimate of drug-likeness (QED) is 0.558. The molecule has 0 fully saturated rings. The van der Waals surface area contributed by atoms with E-state index < -0.39 is 0 Å². The highest BCUT2D eigenvalue weighted by molar-refractivity contribution is 5.93. The molecule has 156 valence electrons. The summed E-state index contributed by atoms with van der Waals surface area (Å²) in [7, 11) is 1.92. The number of carbonyl (C=O) groups excluding carboxylic acids is 1. The second-order valence-corrected chi connectivity index (χ2v) is 8.02. The molecule has 2 heterocycles. The van der Waals surface area contributed by atoms with E-state index in [9.17, 15) is 4.79 Å². The number of hydrogen-bond acceptors (Lipinski definition) is 4. The van der Waals surface area contributed by atoms with Gasteiger partial charge in [-0.15, -0.1) is 5.10 Å². The summed E-state index contributed by atoms with van der Waals surface area (Å²) in [6.45, 7) is 1.82. The lowest BCUT2D eigenvalue weighted by Gasteiger charge is -2.27. The molecule has 2 aromatic carbocycles. The molecule has 0 radical (unpaired) electrons. The lowest BCUT2D eigenvalue weighted by Crippen LogP contribution is -2.39. The number of hydrogen-bond donors (Lipinski definition) is 1. The highest BCUT2D eigenvalue weighted by Gasteiger charge is 2.25. The topological polar surface area (TPSA) is 77.6 Å². The van der Waals surface area contributed by atoms with E-state index in [-0.39, 0.29) is 11.9 Å². The number of carbonyl (C=O) groups is 1. The zero-order valence-corrected chi connectivity index (χ0v) is 17.6. The Balaban J connectivity index is 1.36. The summed E-state index contributed by atoms with van der Waals surface area (Å²) in [5, 5.41) is 16.4. The zero-order valence-electron chi connectivity index (χ0n) is 17.6. The lowest BCUT2D eigenvalue weighted by atomic mass is 9.84. The second kappa shape index (κ2) is 7.83. The van der Waals surface area contributed by atoms with Crippen LogP contribution in [0.25, 0.3) is 16.8 Å². The van der Waals surface area contributed by atoms with Gasteiger partial charge in [-0.25, -0.2) is 0 Å². The smallest absolute Gasteiger partial charge is 0.273 e. The van der Waals surface area contributed by atoms with E-state index >= 15 is 0 Å². The molecule has 1 atom stereocenters. The normalized spacial score (nSPS) is 15.5. The summed E-state index contributed by atoms with van der Waals surface area (Å²) < 4.78 is 1.82. The van der Waals surface area contributed by atoms with Crippen molar-refractivity contribution in [2.45, 2.75) is 32.2 Å². The van der Waals surface area contributed by atoms with Crippen molar-refractivity contribution in [1.82, 2.24) is 30.1 Å². The highest BCUT2D eigenvalue weighted by atomic mass is 16.2. The van der Waals surface area contributed by atoms with Crippen LogP contribution in [0.2, 0.25) is 0 Å². The molecule has 0 bridgehead atoms. The summed E-state index contributed by atoms with van der Waals surface area (Å²) >= 11 is 0. The van der Waals surface area contributed by atoms with Crippen molar-refractivity contribution in [2.24, 2.45) is 7.05 Å². The Morgan fingerprint density at radius 3 is 2.71 bits per heavy atom. The first kappa shape index (κ1) is 19.2. The summed E-state index contributed by atoms with van der Waals surface area (Å²) in [5.41, 5.74) is 6.75. The zero-order chi connectivity index (χ0) is 21.4. The molecule has 2 aromatic heterocycles. The second-order valence-electron chi connectivity index (χ2n) is 8.02. The fourth-order valence-electron chi connectivity index (χ4n) is 4.26. The predicted molar refractivity (Wildman–Crippen MR) is 118 cm³/mol. The van der Waals surface area contributed by atoms with Gasteiger partial charge in [0.15, 0.2) is 5.69 Å². The molecule has 0 spiro atoms. The van der Waals surface area contributed by atoms with Gasteiger partial charge in [-0.05, 0) is 55.0 Å². The first-order chi connectivity index (χ1) is 15.1. The molecule has 31 heavy (non-hydrogen) atoms. The third-order valence-corrected chi connectivity index (χ3v) is 5.82. The first-order valence-electron chi connectivity index (χ1n) is 10.5. The van der Waals surface area contributed by atoms with Gasteiger partial charge in [0.1, 0.15) is 0 Å². The van der Waals surface area contributed by atoms with Crippen LogP contribution < -0.4 is 5.32 Å². The summed E-state index contributed by atoms with van der Waals surface area (Å²) in [5.74, 6) is -0.174. The molecule has 1 aliphatic carbocycles. The maximum atomic E-state index is 13.0. The Bertz CT molecular complexity index is 1240. The molecule has 0 saturated carbocycles. The number of rotatable bonds is 4. The van der Waals surface area contributed by atoms with Gasteiger partial charge in [0, 0.05) is 24.8 Å². The van der Waals surface area contributed by atoms with Crippen molar-refractivity contribution in [3.05, 3.63) is 83.4 Å². The Kier molecular flexibility index (Phi) is 4.86. The molecule has 0 saturated heterocycles. The number of nitrogens with one attached hydrogen (secondary N) is 1. The number of amides is 1. The summed E-state index contributed by atoms with van der Waals surface area (Å²) in [6, 6.07) is 16.1. The molecule has 0 unspecified atom stereocenters. The van der Waals surface area contributed by atoms with E-state index in [2.05, 4.69) is 38.8 Å². The van der Waals surface area contributed by atoms with E-state index in [4.69, 9.17) is 0 Å². The third-order valence-electron chi connectivity index (χ3n) is 5.82. The van der Waals surface area contributed by atoms with Crippen LogP contribution in [0, 0.1) is 6.92 Å². The van der Waals surface area contributed by atoms with E-state index in [1.165, 1.54) is 21.5 Å². The van der Waals surface area contributed by atoms with Gasteiger partial charge >= 0.3 is 0 Å². The van der Waals surface area contributed by atoms with Crippen LogP contribution in [-0.2, 0) is 19.9 Å². The SMILES string of the molecule is Cc1nn(-c2ccccc2)nc1C(=O)N[C@@H]1CCc2cccc(-c3cnn(C)c3)c2C1. The summed E-state index contributed by atoms with van der Waals surface area (Å²) in [4.78, 5) is 14.5. The minimum Gasteiger partial charge on any atom is -0.348 e. The van der Waals surface area contributed by atoms with Crippen molar-refractivity contribution >= 4 is 5.91 Å². The van der Waals surface area contributed by atoms with Crippen LogP contribution in [0.15, 0.2) is 60.9 Å². The van der Waals surface area contributed by atoms with Crippen LogP contribution in [0.3, 0.4) is 0 Å². The average Bonchev–Trinajstić information content (AvgIpc) is 3.39. The molecule has 4 aromatic rings. The lowest BCUT2D eigenvalue weighted by molar-refractivity contribution is 0.0927. The number of nitrogens with zero attached hydrogens (tertiary/aromatic N) is 5. The minimum absolute atomic E-state index is 0.0547. The summed E-state index contributed by atoms with van der Waals surface area (Å²) in [6.07, 6.45) is 6.55. The van der Waals surface area contributed by atoms with Crippen LogP contribution >= 0.6 is 0 Å². The Morgan fingerprint density at radius 1 is 1.10 bits per heavy atom. The van der Waals surface area contributed by atoms with E-state index in [0.29, 0.717) is 11.4 Å². The van der Waals surface area contributed by atoms with Gasteiger partial charge < -0.3 is 5.32 Å². The predicted octanol–water partition coefficient (Wildman–Crippen LogP) is 3.26. The fourth-order valence-corrected chi connectivity index (χ4v) is 4.26. The first-order valence-corrected chi connectivity index (χ1v) is 10.5. The van der Waals surface area contributed by atoms with E-state index in [0.717, 1.165) is 30.5 Å². The molecule has 0 aliphatic heterocycles. The Morgan fingerprint density at radius 2 is 1.94 bits per heavy atom. The largest absolute Gasteiger partial charge is 0.348 e. The van der Waals surface area contributed by atoms with Crippen LogP contribution in [0.4, 0.5) is 0 Å². The molecule has 5 rings (SSSR count). The average molecular weight is 412 g/mol. The number of aryl methyl sites for hydroxylation is 3. The van der Waals surface area contributed by atoms with Gasteiger partial charge in [-0.3, -0.25) is 9.48 Å². The third kappa shape index (κ3) is 3.74. The van der Waals surface area contributed by atoms with Crippen molar-refractivity contribution in [2.75, 3.05) is 0 Å². The minimum atomic E-state index is -0.174. The maximum absolute atomic E-state index is 13.0. The molecule has 7 nitrogen and oxygen atoms in total. The van der Waals surface area contributed by atoms with Gasteiger partial charge in [-0.1, -0.05) is 36.4 Å². The van der Waals surface area contributed by atoms with Gasteiger partial charge in [0.2, 0.25) is 0 Å². The highest BCUT2D eigenvalue weighted by Crippen LogP contribution is 2.31. The standard InChI is InChI=1S/C24H24N6O/c1-16-23(28-30(27-16)20-8-4-3-5-9-20)24(31)26-19-12-11-17-7-6-10-21(22(17)13-19)18-14-25-29(2)15-18/h3-10,14-15,19H,11-13H2,1-2H3,(H,26,31)/t19-/m1/s1. The molecular formula is C24H24N6O. The molecule has 1 amide bonds. The van der Waals surface area contributed by atoms with Crippen LogP contribution in [-0.4, -0.2) is 36.7 Å². The van der Waals surface area contributed by atoms with Crippen molar-refractivity contribution in [3.63, 3.8) is 0 Å². The number of fused-ring (bicyclic) bond motifs is 1. The van der Waals surface area contributed by atoms with Crippen LogP contribution in [0.5, 0.6) is 0 Å². The molecule has 1 aliphatic rings. The van der Waals surface area contributed by atoms with Gasteiger partial charge in [0.25, 0.3) is 5.91 Å². The van der Waals surface area contributed by atoms with Crippen LogP contribution in [0.1, 0.15) is 33.7 Å². The monoisotopic (exact) mass is 412 g/mol. The molecular weight excluding hydrogens is 388 g/mol. The Labute approximate surface area is 180 Å². The number of benzene rings is 2. The number of para-hydroxylation sites is 1. The maximum Gasteiger partial charge on any atom is 0.273 e. The van der Waals surface area contributed by atoms with Crippen molar-refractivity contribution in [3.8, 4) is 16.8 Å². The van der Waals surface area contributed by atoms with E-state index in [1.54, 1.807) is 0 Å². The van der Waals surface area contributed by atoms with E-state index in [1.807, 2.05) is 61.4 Å². The number of aromatic nitrogens is 5. The molecule has 1 N–H and O–H groups in total. The Hall–Kier alpha value is -3.74. The molecule has 7 heteroatoms. The van der Waals surface area contributed by atoms with Gasteiger partial charge in [0.05, 0.1) is 17.6 Å². The fraction of sp³-hybridized carbons (Fsp3) is 0.250. The van der Waals surface area contributed by atoms with Crippen molar-refractivity contribution < 1.29 is 4.79 Å². The van der Waals surface area contributed by atoms with Gasteiger partial charge in [-0.2, -0.15) is 15.0 Å².